The van der Waals surface area contributed by atoms with E-state index in [1.165, 1.54) is 10.8 Å². The summed E-state index contributed by atoms with van der Waals surface area (Å²) in [7, 11) is 0. The van der Waals surface area contributed by atoms with Crippen molar-refractivity contribution in [2.24, 2.45) is 5.11 Å². The van der Waals surface area contributed by atoms with E-state index in [-0.39, 0.29) is 31.6 Å². The zero-order chi connectivity index (χ0) is 27.9. The number of aryl methyl sites for hydroxylation is 2. The van der Waals surface area contributed by atoms with Gasteiger partial charge in [0, 0.05) is 29.6 Å². The van der Waals surface area contributed by atoms with Crippen LogP contribution in [0.2, 0.25) is 0 Å². The maximum absolute atomic E-state index is 12.9. The van der Waals surface area contributed by atoms with Crippen LogP contribution in [0.5, 0.6) is 0 Å². The van der Waals surface area contributed by atoms with Gasteiger partial charge in [-0.05, 0) is 50.1 Å². The summed E-state index contributed by atoms with van der Waals surface area (Å²) in [4.78, 5) is 55.2. The summed E-state index contributed by atoms with van der Waals surface area (Å²) in [5, 5.41) is 3.42. The monoisotopic (exact) mass is 533 g/mol. The first-order valence-corrected chi connectivity index (χ1v) is 12.3. The Morgan fingerprint density at radius 3 is 2.28 bits per heavy atom. The highest BCUT2D eigenvalue weighted by atomic mass is 16.6. The molecule has 0 aliphatic carbocycles. The van der Waals surface area contributed by atoms with E-state index in [4.69, 9.17) is 19.7 Å². The normalized spacial score (nSPS) is 18.3. The van der Waals surface area contributed by atoms with Gasteiger partial charge in [-0.2, -0.15) is 0 Å². The fraction of sp³-hybridized carbons (Fsp3) is 0.333. The number of nitrogens with zero attached hydrogens (tertiary/aromatic N) is 4. The number of carbonyl (C=O) groups excluding carboxylic acids is 2. The lowest BCUT2D eigenvalue weighted by Crippen LogP contribution is -2.34. The van der Waals surface area contributed by atoms with E-state index < -0.39 is 41.6 Å². The van der Waals surface area contributed by atoms with Crippen molar-refractivity contribution in [2.45, 2.75) is 45.1 Å². The van der Waals surface area contributed by atoms with Crippen molar-refractivity contribution in [3.8, 4) is 0 Å². The molecule has 4 rings (SSSR count). The van der Waals surface area contributed by atoms with Gasteiger partial charge in [-0.25, -0.2) is 14.4 Å². The maximum Gasteiger partial charge on any atom is 0.338 e. The fourth-order valence-electron chi connectivity index (χ4n) is 4.11. The van der Waals surface area contributed by atoms with Gasteiger partial charge < -0.3 is 14.2 Å². The van der Waals surface area contributed by atoms with Crippen LogP contribution in [0.3, 0.4) is 0 Å². The predicted octanol–water partition coefficient (Wildman–Crippen LogP) is 3.38. The molecule has 0 spiro atoms. The minimum absolute atomic E-state index is 0.0255. The number of hydrogen-bond acceptors (Lipinski definition) is 8. The summed E-state index contributed by atoms with van der Waals surface area (Å²) < 4.78 is 18.4. The van der Waals surface area contributed by atoms with Crippen molar-refractivity contribution >= 4 is 11.9 Å². The molecule has 1 aliphatic rings. The quantitative estimate of drug-likeness (QED) is 0.190. The Kier molecular flexibility index (Phi) is 8.60. The molecular weight excluding hydrogens is 506 g/mol. The summed E-state index contributed by atoms with van der Waals surface area (Å²) in [5.74, 6) is -1.17. The second kappa shape index (κ2) is 12.2. The number of carbonyl (C=O) groups is 2. The lowest BCUT2D eigenvalue weighted by atomic mass is 10.1. The predicted molar refractivity (Wildman–Crippen MR) is 139 cm³/mol. The molecule has 2 heterocycles. The van der Waals surface area contributed by atoms with Crippen LogP contribution < -0.4 is 11.2 Å². The highest BCUT2D eigenvalue weighted by Gasteiger charge is 2.40. The summed E-state index contributed by atoms with van der Waals surface area (Å²) in [6.07, 6.45) is -1.17. The molecule has 1 aliphatic heterocycles. The SMILES string of the molecule is Cc1ccc(C(=O)OCC2OC(n3cc(CCN=[N+]=[N-])c(=O)[nH]c3=O)CC2OC(=O)c2ccc(C)cc2)cc1. The largest absolute Gasteiger partial charge is 0.459 e. The van der Waals surface area contributed by atoms with Crippen LogP contribution in [0.1, 0.15) is 50.1 Å². The molecular formula is C27H27N5O7. The Morgan fingerprint density at radius 2 is 1.67 bits per heavy atom. The summed E-state index contributed by atoms with van der Waals surface area (Å²) in [6.45, 7) is 3.58. The van der Waals surface area contributed by atoms with Crippen molar-refractivity contribution in [1.29, 1.82) is 0 Å². The number of hydrogen-bond donors (Lipinski definition) is 1. The molecule has 3 aromatic rings. The second-order valence-electron chi connectivity index (χ2n) is 9.16. The Bertz CT molecular complexity index is 1510. The van der Waals surface area contributed by atoms with Gasteiger partial charge in [-0.1, -0.05) is 40.5 Å². The van der Waals surface area contributed by atoms with Crippen LogP contribution in [0, 0.1) is 13.8 Å². The molecule has 12 heteroatoms. The number of ether oxygens (including phenoxy) is 3. The van der Waals surface area contributed by atoms with E-state index >= 15 is 0 Å². The number of aromatic amines is 1. The highest BCUT2D eigenvalue weighted by Crippen LogP contribution is 2.31. The smallest absolute Gasteiger partial charge is 0.338 e. The van der Waals surface area contributed by atoms with Crippen LogP contribution in [0.15, 0.2) is 69.4 Å². The first-order valence-electron chi connectivity index (χ1n) is 12.3. The van der Waals surface area contributed by atoms with E-state index in [1.54, 1.807) is 48.5 Å². The van der Waals surface area contributed by atoms with E-state index in [1.807, 2.05) is 13.8 Å². The summed E-state index contributed by atoms with van der Waals surface area (Å²) >= 11 is 0. The van der Waals surface area contributed by atoms with E-state index in [0.717, 1.165) is 11.1 Å². The minimum atomic E-state index is -0.925. The number of azide groups is 1. The average Bonchev–Trinajstić information content (AvgIpc) is 3.31. The van der Waals surface area contributed by atoms with Gasteiger partial charge in [-0.3, -0.25) is 14.3 Å². The molecule has 1 fully saturated rings. The highest BCUT2D eigenvalue weighted by molar-refractivity contribution is 5.90. The van der Waals surface area contributed by atoms with Gasteiger partial charge in [0.1, 0.15) is 25.0 Å². The van der Waals surface area contributed by atoms with Crippen LogP contribution in [0.4, 0.5) is 0 Å². The van der Waals surface area contributed by atoms with Crippen molar-refractivity contribution in [3.05, 3.63) is 114 Å². The summed E-state index contributed by atoms with van der Waals surface area (Å²) in [5.41, 5.74) is 10.0. The Balaban J connectivity index is 1.55. The van der Waals surface area contributed by atoms with Crippen molar-refractivity contribution < 1.29 is 23.8 Å². The van der Waals surface area contributed by atoms with E-state index in [2.05, 4.69) is 15.0 Å². The third-order valence-corrected chi connectivity index (χ3v) is 6.29. The molecule has 1 N–H and O–H groups in total. The van der Waals surface area contributed by atoms with Crippen LogP contribution in [-0.4, -0.2) is 46.8 Å². The van der Waals surface area contributed by atoms with Gasteiger partial charge in [0.25, 0.3) is 5.56 Å². The number of esters is 2. The Hall–Kier alpha value is -4.67. The maximum atomic E-state index is 12.9. The van der Waals surface area contributed by atoms with Crippen molar-refractivity contribution in [2.75, 3.05) is 13.2 Å². The standard InChI is InChI=1S/C27H27N5O7/c1-16-3-7-18(8-4-16)25(34)37-15-22-21(39-26(35)19-9-5-17(2)6-10-19)13-23(38-22)32-14-20(11-12-29-31-28)24(33)30-27(32)36/h3-10,14,21-23H,11-13,15H2,1-2H3,(H,30,33,36). The first kappa shape index (κ1) is 27.4. The van der Waals surface area contributed by atoms with Crippen molar-refractivity contribution in [3.63, 3.8) is 0 Å². The zero-order valence-corrected chi connectivity index (χ0v) is 21.4. The molecule has 0 saturated carbocycles. The molecule has 0 amide bonds. The number of H-pyrrole nitrogens is 1. The molecule has 3 unspecified atom stereocenters. The zero-order valence-electron chi connectivity index (χ0n) is 21.4. The number of nitrogens with one attached hydrogen (secondary N) is 1. The van der Waals surface area contributed by atoms with Crippen LogP contribution >= 0.6 is 0 Å². The average molecular weight is 534 g/mol. The lowest BCUT2D eigenvalue weighted by Gasteiger charge is -2.19. The molecule has 3 atom stereocenters. The fourth-order valence-corrected chi connectivity index (χ4v) is 4.11. The topological polar surface area (TPSA) is 165 Å². The summed E-state index contributed by atoms with van der Waals surface area (Å²) in [6, 6.07) is 13.7. The van der Waals surface area contributed by atoms with Gasteiger partial charge in [0.2, 0.25) is 0 Å². The first-order chi connectivity index (χ1) is 18.7. The molecule has 2 aromatic carbocycles. The third kappa shape index (κ3) is 6.81. The van der Waals surface area contributed by atoms with Gasteiger partial charge in [-0.15, -0.1) is 0 Å². The molecule has 12 nitrogen and oxygen atoms in total. The molecule has 1 saturated heterocycles. The lowest BCUT2D eigenvalue weighted by molar-refractivity contribution is -0.0583. The Labute approximate surface area is 222 Å². The van der Waals surface area contributed by atoms with Crippen LogP contribution in [0.25, 0.3) is 10.4 Å². The van der Waals surface area contributed by atoms with Gasteiger partial charge in [0.15, 0.2) is 0 Å². The van der Waals surface area contributed by atoms with Gasteiger partial charge >= 0.3 is 17.6 Å². The molecule has 0 radical (unpaired) electrons. The number of benzene rings is 2. The van der Waals surface area contributed by atoms with E-state index in [0.29, 0.717) is 11.1 Å². The minimum Gasteiger partial charge on any atom is -0.459 e. The molecule has 39 heavy (non-hydrogen) atoms. The van der Waals surface area contributed by atoms with Crippen LogP contribution in [-0.2, 0) is 20.6 Å². The third-order valence-electron chi connectivity index (χ3n) is 6.29. The number of rotatable bonds is 9. The van der Waals surface area contributed by atoms with Crippen molar-refractivity contribution in [1.82, 2.24) is 9.55 Å². The van der Waals surface area contributed by atoms with E-state index in [9.17, 15) is 19.2 Å². The molecule has 202 valence electrons. The molecule has 0 bridgehead atoms. The number of aromatic nitrogens is 2. The molecule has 1 aromatic heterocycles. The van der Waals surface area contributed by atoms with Gasteiger partial charge in [0.05, 0.1) is 11.1 Å². The Morgan fingerprint density at radius 1 is 1.05 bits per heavy atom. The second-order valence-corrected chi connectivity index (χ2v) is 9.16.